The summed E-state index contributed by atoms with van der Waals surface area (Å²) in [6.07, 6.45) is 3.96. The number of aromatic nitrogens is 4. The van der Waals surface area contributed by atoms with E-state index in [1.54, 1.807) is 35.1 Å². The van der Waals surface area contributed by atoms with Crippen LogP contribution in [0.1, 0.15) is 18.2 Å². The van der Waals surface area contributed by atoms with Gasteiger partial charge in [-0.15, -0.1) is 11.8 Å². The minimum absolute atomic E-state index is 0.0567. The molecule has 0 saturated carbocycles. The fraction of sp³-hybridized carbons (Fsp3) is 0.200. The number of nitrogens with zero attached hydrogens (tertiary/aromatic N) is 4. The predicted molar refractivity (Wildman–Crippen MR) is 108 cm³/mol. The fourth-order valence-corrected chi connectivity index (χ4v) is 3.85. The monoisotopic (exact) mass is 407 g/mol. The maximum absolute atomic E-state index is 12.6. The molecule has 1 unspecified atom stereocenters. The highest BCUT2D eigenvalue weighted by molar-refractivity contribution is 7.98. The molecule has 0 aliphatic carbocycles. The first-order chi connectivity index (χ1) is 14.2. The van der Waals surface area contributed by atoms with Gasteiger partial charge in [0.05, 0.1) is 6.26 Å². The molecule has 1 aliphatic heterocycles. The van der Waals surface area contributed by atoms with Crippen molar-refractivity contribution in [1.29, 1.82) is 0 Å². The molecule has 4 heterocycles. The Morgan fingerprint density at radius 2 is 2.17 bits per heavy atom. The molecule has 0 bridgehead atoms. The van der Waals surface area contributed by atoms with Crippen LogP contribution >= 0.6 is 11.8 Å². The van der Waals surface area contributed by atoms with E-state index in [2.05, 4.69) is 20.3 Å². The Kier molecular flexibility index (Phi) is 4.44. The largest absolute Gasteiger partial charge is 0.463 e. The van der Waals surface area contributed by atoms with Crippen LogP contribution in [0.5, 0.6) is 0 Å². The highest BCUT2D eigenvalue weighted by atomic mass is 32.2. The molecule has 1 fully saturated rings. The van der Waals surface area contributed by atoms with Crippen LogP contribution in [0.3, 0.4) is 0 Å². The number of anilines is 1. The van der Waals surface area contributed by atoms with Crippen molar-refractivity contribution >= 4 is 23.4 Å². The number of H-pyrrole nitrogens is 1. The molecular formula is C20H17N5O3S. The van der Waals surface area contributed by atoms with Crippen LogP contribution in [0.15, 0.2) is 62.6 Å². The van der Waals surface area contributed by atoms with E-state index < -0.39 is 0 Å². The number of thioether (sulfide) groups is 1. The second-order valence-electron chi connectivity index (χ2n) is 6.71. The molecule has 1 amide bonds. The average molecular weight is 407 g/mol. The standard InChI is InChI=1S/C20H17N5O3S/c1-29-14-5-2-4-13(9-14)25-11-12(8-18(25)26)19-21-20(28-24-19)16-10-15(22-23-16)17-6-3-7-27-17/h2-7,9-10,12H,8,11H2,1H3,(H,22,23). The maximum atomic E-state index is 12.6. The Bertz CT molecular complexity index is 1150. The van der Waals surface area contributed by atoms with Crippen LogP contribution in [0.4, 0.5) is 5.69 Å². The minimum Gasteiger partial charge on any atom is -0.463 e. The Balaban J connectivity index is 1.35. The number of rotatable bonds is 5. The molecule has 1 N–H and O–H groups in total. The molecule has 5 rings (SSSR count). The van der Waals surface area contributed by atoms with Crippen molar-refractivity contribution in [2.75, 3.05) is 17.7 Å². The molecule has 8 nitrogen and oxygen atoms in total. The van der Waals surface area contributed by atoms with E-state index in [9.17, 15) is 4.79 Å². The van der Waals surface area contributed by atoms with Crippen LogP contribution in [-0.2, 0) is 4.79 Å². The van der Waals surface area contributed by atoms with Crippen molar-refractivity contribution < 1.29 is 13.7 Å². The summed E-state index contributed by atoms with van der Waals surface area (Å²) in [6.45, 7) is 0.524. The van der Waals surface area contributed by atoms with Crippen molar-refractivity contribution in [1.82, 2.24) is 20.3 Å². The van der Waals surface area contributed by atoms with Gasteiger partial charge in [-0.25, -0.2) is 0 Å². The van der Waals surface area contributed by atoms with Gasteiger partial charge in [-0.3, -0.25) is 9.89 Å². The van der Waals surface area contributed by atoms with E-state index in [1.807, 2.05) is 36.6 Å². The third kappa shape index (κ3) is 3.33. The van der Waals surface area contributed by atoms with E-state index in [1.165, 1.54) is 0 Å². The number of amides is 1. The number of carbonyl (C=O) groups is 1. The lowest BCUT2D eigenvalue weighted by molar-refractivity contribution is -0.117. The number of nitrogens with one attached hydrogen (secondary N) is 1. The van der Waals surface area contributed by atoms with E-state index in [0.717, 1.165) is 10.6 Å². The predicted octanol–water partition coefficient (Wildman–Crippen LogP) is 3.96. The molecule has 1 aliphatic rings. The Morgan fingerprint density at radius 1 is 1.24 bits per heavy atom. The van der Waals surface area contributed by atoms with Crippen molar-refractivity contribution in [2.24, 2.45) is 0 Å². The Labute approximate surface area is 170 Å². The smallest absolute Gasteiger partial charge is 0.275 e. The Morgan fingerprint density at radius 3 is 3.00 bits per heavy atom. The number of furan rings is 1. The molecular weight excluding hydrogens is 390 g/mol. The van der Waals surface area contributed by atoms with Gasteiger partial charge in [0, 0.05) is 35.5 Å². The van der Waals surface area contributed by atoms with E-state index in [0.29, 0.717) is 41.8 Å². The first-order valence-corrected chi connectivity index (χ1v) is 10.3. The number of aromatic amines is 1. The summed E-state index contributed by atoms with van der Waals surface area (Å²) in [6, 6.07) is 13.4. The molecule has 146 valence electrons. The topological polar surface area (TPSA) is 101 Å². The van der Waals surface area contributed by atoms with Crippen LogP contribution in [0, 0.1) is 0 Å². The summed E-state index contributed by atoms with van der Waals surface area (Å²) in [7, 11) is 0. The van der Waals surface area contributed by atoms with Crippen molar-refractivity contribution in [3.8, 4) is 23.0 Å². The summed E-state index contributed by atoms with van der Waals surface area (Å²) >= 11 is 1.65. The van der Waals surface area contributed by atoms with Gasteiger partial charge < -0.3 is 13.8 Å². The van der Waals surface area contributed by atoms with Gasteiger partial charge in [-0.1, -0.05) is 11.2 Å². The van der Waals surface area contributed by atoms with Gasteiger partial charge in [-0.2, -0.15) is 10.1 Å². The molecule has 1 saturated heterocycles. The van der Waals surface area contributed by atoms with E-state index in [-0.39, 0.29) is 11.8 Å². The van der Waals surface area contributed by atoms with Crippen LogP contribution in [-0.4, -0.2) is 39.0 Å². The summed E-state index contributed by atoms with van der Waals surface area (Å²) in [5.41, 5.74) is 2.15. The summed E-state index contributed by atoms with van der Waals surface area (Å²) in [4.78, 5) is 20.0. The number of hydrogen-bond acceptors (Lipinski definition) is 7. The van der Waals surface area contributed by atoms with Gasteiger partial charge in [0.2, 0.25) is 5.91 Å². The maximum Gasteiger partial charge on any atom is 0.275 e. The SMILES string of the molecule is CSc1cccc(N2CC(c3noc(-c4cc(-c5ccco5)n[nH]4)n3)CC2=O)c1. The molecule has 29 heavy (non-hydrogen) atoms. The van der Waals surface area contributed by atoms with Crippen LogP contribution < -0.4 is 4.90 Å². The first kappa shape index (κ1) is 17.7. The minimum atomic E-state index is -0.120. The van der Waals surface area contributed by atoms with Gasteiger partial charge in [0.25, 0.3) is 5.89 Å². The molecule has 1 aromatic carbocycles. The zero-order valence-corrected chi connectivity index (χ0v) is 16.3. The van der Waals surface area contributed by atoms with Gasteiger partial charge >= 0.3 is 0 Å². The zero-order valence-electron chi connectivity index (χ0n) is 15.5. The fourth-order valence-electron chi connectivity index (χ4n) is 3.40. The van der Waals surface area contributed by atoms with Gasteiger partial charge in [-0.05, 0) is 36.6 Å². The summed E-state index contributed by atoms with van der Waals surface area (Å²) in [5.74, 6) is 1.44. The number of hydrogen-bond donors (Lipinski definition) is 1. The van der Waals surface area contributed by atoms with E-state index >= 15 is 0 Å². The lowest BCUT2D eigenvalue weighted by atomic mass is 10.1. The van der Waals surface area contributed by atoms with Crippen LogP contribution in [0.2, 0.25) is 0 Å². The van der Waals surface area contributed by atoms with Gasteiger partial charge in [0.15, 0.2) is 11.6 Å². The quantitative estimate of drug-likeness (QED) is 0.500. The zero-order chi connectivity index (χ0) is 19.8. The normalized spacial score (nSPS) is 16.7. The molecule has 4 aromatic rings. The molecule has 3 aromatic heterocycles. The second kappa shape index (κ2) is 7.25. The molecule has 0 radical (unpaired) electrons. The van der Waals surface area contributed by atoms with Crippen molar-refractivity contribution in [3.63, 3.8) is 0 Å². The lowest BCUT2D eigenvalue weighted by Crippen LogP contribution is -2.24. The van der Waals surface area contributed by atoms with Crippen LogP contribution in [0.25, 0.3) is 23.0 Å². The lowest BCUT2D eigenvalue weighted by Gasteiger charge is -2.16. The number of benzene rings is 1. The molecule has 0 spiro atoms. The van der Waals surface area contributed by atoms with Crippen molar-refractivity contribution in [2.45, 2.75) is 17.2 Å². The highest BCUT2D eigenvalue weighted by Crippen LogP contribution is 2.33. The second-order valence-corrected chi connectivity index (χ2v) is 7.59. The Hall–Kier alpha value is -3.33. The summed E-state index contributed by atoms with van der Waals surface area (Å²) in [5, 5.41) is 11.2. The summed E-state index contributed by atoms with van der Waals surface area (Å²) < 4.78 is 10.8. The average Bonchev–Trinajstić information content (AvgIpc) is 3.53. The molecule has 9 heteroatoms. The third-order valence-electron chi connectivity index (χ3n) is 4.88. The highest BCUT2D eigenvalue weighted by Gasteiger charge is 2.35. The molecule has 1 atom stereocenters. The van der Waals surface area contributed by atoms with Crippen molar-refractivity contribution in [3.05, 3.63) is 54.6 Å². The first-order valence-electron chi connectivity index (χ1n) is 9.09. The third-order valence-corrected chi connectivity index (χ3v) is 5.60. The number of carbonyl (C=O) groups excluding carboxylic acids is 1. The van der Waals surface area contributed by atoms with E-state index in [4.69, 9.17) is 8.94 Å². The van der Waals surface area contributed by atoms with Gasteiger partial charge in [0.1, 0.15) is 11.4 Å².